The number of aliphatic hydroxyl groups is 11. The third-order valence-electron chi connectivity index (χ3n) is 8.97. The van der Waals surface area contributed by atoms with E-state index in [2.05, 4.69) is 10.6 Å². The third-order valence-corrected chi connectivity index (χ3v) is 8.97. The summed E-state index contributed by atoms with van der Waals surface area (Å²) in [4.78, 5) is 24.5. The number of ether oxygens (including phenoxy) is 7. The maximum Gasteiger partial charge on any atom is 0.217 e. The zero-order valence-electron chi connectivity index (χ0n) is 27.3. The second kappa shape index (κ2) is 17.4. The number of aliphatic hydroxyl groups excluding tert-OH is 11. The number of carbonyl (C=O) groups excluding carboxylic acids is 2. The molecule has 4 heterocycles. The molecule has 4 aliphatic heterocycles. The van der Waals surface area contributed by atoms with E-state index in [-0.39, 0.29) is 0 Å². The fourth-order valence-corrected chi connectivity index (χ4v) is 6.29. The number of carbonyl (C=O) groups is 2. The predicted molar refractivity (Wildman–Crippen MR) is 156 cm³/mol. The Morgan fingerprint density at radius 1 is 0.520 bits per heavy atom. The van der Waals surface area contributed by atoms with Crippen molar-refractivity contribution in [1.29, 1.82) is 0 Å². The fraction of sp³-hybridized carbons (Fsp3) is 0.929. The largest absolute Gasteiger partial charge is 0.394 e. The van der Waals surface area contributed by atoms with E-state index in [4.69, 9.17) is 33.2 Å². The van der Waals surface area contributed by atoms with Gasteiger partial charge in [0.2, 0.25) is 11.8 Å². The Bertz CT molecular complexity index is 1120. The first-order chi connectivity index (χ1) is 23.5. The summed E-state index contributed by atoms with van der Waals surface area (Å²) >= 11 is 0. The first-order valence-electron chi connectivity index (χ1n) is 15.9. The SMILES string of the molecule is CC(=O)N[C@@H]1[C@@H](O[C@H]2O[C@H](C)[C@H](O)[C@H](O)[C@H]2O)[C@H](O[C@@H]2O[C@H](CO)[C@@H](O[C@@H]3O[C@H](CO)[C@@H](O)[C@H](O)[C@@H]3O)[C@H](O)[C@H]2NC(C)=O)[C@@H](CO)O[C@H]1O. The Labute approximate surface area is 285 Å². The van der Waals surface area contributed by atoms with Crippen LogP contribution in [-0.2, 0) is 42.7 Å². The Morgan fingerprint density at radius 2 is 0.980 bits per heavy atom. The van der Waals surface area contributed by atoms with Crippen LogP contribution in [0.1, 0.15) is 20.8 Å². The van der Waals surface area contributed by atoms with Gasteiger partial charge >= 0.3 is 0 Å². The summed E-state index contributed by atoms with van der Waals surface area (Å²) in [6, 6.07) is -3.11. The summed E-state index contributed by atoms with van der Waals surface area (Å²) < 4.78 is 40.0. The number of nitrogens with one attached hydrogen (secondary N) is 2. The maximum absolute atomic E-state index is 12.3. The molecule has 290 valence electrons. The summed E-state index contributed by atoms with van der Waals surface area (Å²) in [5, 5.41) is 119. The monoisotopic (exact) mass is 732 g/mol. The zero-order chi connectivity index (χ0) is 37.2. The van der Waals surface area contributed by atoms with Crippen LogP contribution in [0.5, 0.6) is 0 Å². The maximum atomic E-state index is 12.3. The molecule has 20 atom stereocenters. The highest BCUT2D eigenvalue weighted by Crippen LogP contribution is 2.34. The van der Waals surface area contributed by atoms with Crippen molar-refractivity contribution >= 4 is 11.8 Å². The van der Waals surface area contributed by atoms with Crippen molar-refractivity contribution in [2.24, 2.45) is 0 Å². The van der Waals surface area contributed by atoms with Crippen LogP contribution in [0.15, 0.2) is 0 Å². The highest BCUT2D eigenvalue weighted by molar-refractivity contribution is 5.73. The number of hydrogen-bond donors (Lipinski definition) is 13. The quantitative estimate of drug-likeness (QED) is 0.0938. The molecule has 0 saturated carbocycles. The molecule has 4 fully saturated rings. The van der Waals surface area contributed by atoms with Crippen molar-refractivity contribution in [3.8, 4) is 0 Å². The van der Waals surface area contributed by atoms with Crippen LogP contribution < -0.4 is 10.6 Å². The van der Waals surface area contributed by atoms with E-state index in [1.807, 2.05) is 0 Å². The first-order valence-corrected chi connectivity index (χ1v) is 15.9. The smallest absolute Gasteiger partial charge is 0.217 e. The minimum Gasteiger partial charge on any atom is -0.394 e. The predicted octanol–water partition coefficient (Wildman–Crippen LogP) is -8.43. The molecule has 50 heavy (non-hydrogen) atoms. The molecule has 2 amide bonds. The molecule has 22 heteroatoms. The molecule has 4 saturated heterocycles. The minimum absolute atomic E-state index is 0.699. The lowest BCUT2D eigenvalue weighted by Gasteiger charge is -2.50. The fourth-order valence-electron chi connectivity index (χ4n) is 6.29. The normalized spacial score (nSPS) is 48.5. The molecule has 0 bridgehead atoms. The standard InChI is InChI=1S/C28H48N2O20/c1-7-15(36)18(39)20(41)27(44-7)50-24-14(30-9(3)35)25(43)45-12(6-33)23(24)49-26-13(29-8(2)34)17(38)22(11(5-32)47-26)48-28-21(42)19(40)16(37)10(4-31)46-28/h7,10-28,31-33,36-43H,4-6H2,1-3H3,(H,29,34)(H,30,35)/t7-,10-,11-,12-,13-,14-,15+,16-,17-,18+,19+,20-,21+,22-,23-,24-,25-,26+,27-,28+/m1/s1. The van der Waals surface area contributed by atoms with Gasteiger partial charge in [0, 0.05) is 13.8 Å². The van der Waals surface area contributed by atoms with Crippen molar-refractivity contribution < 1.29 is 98.9 Å². The molecule has 0 unspecified atom stereocenters. The van der Waals surface area contributed by atoms with Gasteiger partial charge in [0.05, 0.1) is 25.9 Å². The van der Waals surface area contributed by atoms with Crippen LogP contribution >= 0.6 is 0 Å². The van der Waals surface area contributed by atoms with Gasteiger partial charge in [-0.25, -0.2) is 0 Å². The number of rotatable bonds is 11. The van der Waals surface area contributed by atoms with Gasteiger partial charge in [-0.05, 0) is 6.92 Å². The van der Waals surface area contributed by atoms with Crippen LogP contribution in [-0.4, -0.2) is 211 Å². The molecule has 4 rings (SSSR count). The van der Waals surface area contributed by atoms with Gasteiger partial charge in [-0.2, -0.15) is 0 Å². The van der Waals surface area contributed by atoms with Crippen LogP contribution in [0.3, 0.4) is 0 Å². The lowest BCUT2D eigenvalue weighted by molar-refractivity contribution is -0.373. The lowest BCUT2D eigenvalue weighted by atomic mass is 9.93. The Hall–Kier alpha value is -1.78. The highest BCUT2D eigenvalue weighted by Gasteiger charge is 2.56. The number of amides is 2. The van der Waals surface area contributed by atoms with Gasteiger partial charge < -0.3 is 100.0 Å². The van der Waals surface area contributed by atoms with Gasteiger partial charge in [-0.3, -0.25) is 9.59 Å². The molecular weight excluding hydrogens is 684 g/mol. The first kappa shape index (κ1) is 41.0. The van der Waals surface area contributed by atoms with Gasteiger partial charge in [-0.15, -0.1) is 0 Å². The van der Waals surface area contributed by atoms with Gasteiger partial charge in [0.25, 0.3) is 0 Å². The lowest BCUT2D eigenvalue weighted by Crippen LogP contribution is -2.71. The summed E-state index contributed by atoms with van der Waals surface area (Å²) in [6.07, 6.45) is -30.0. The van der Waals surface area contributed by atoms with Crippen LogP contribution in [0.25, 0.3) is 0 Å². The Kier molecular flexibility index (Phi) is 14.2. The Balaban J connectivity index is 1.66. The molecule has 0 spiro atoms. The van der Waals surface area contributed by atoms with Gasteiger partial charge in [-0.1, -0.05) is 0 Å². The van der Waals surface area contributed by atoms with E-state index < -0.39 is 154 Å². The van der Waals surface area contributed by atoms with Crippen molar-refractivity contribution in [3.63, 3.8) is 0 Å². The summed E-state index contributed by atoms with van der Waals surface area (Å²) in [5.74, 6) is -1.44. The molecular formula is C28H48N2O20. The van der Waals surface area contributed by atoms with Crippen LogP contribution in [0.4, 0.5) is 0 Å². The van der Waals surface area contributed by atoms with Crippen LogP contribution in [0.2, 0.25) is 0 Å². The van der Waals surface area contributed by atoms with Gasteiger partial charge in [0.1, 0.15) is 91.4 Å². The molecule has 0 aromatic carbocycles. The number of hydrogen-bond acceptors (Lipinski definition) is 20. The molecule has 0 radical (unpaired) electrons. The van der Waals surface area contributed by atoms with Crippen LogP contribution in [0, 0.1) is 0 Å². The second-order valence-corrected chi connectivity index (χ2v) is 12.6. The highest BCUT2D eigenvalue weighted by atomic mass is 16.8. The molecule has 0 aliphatic carbocycles. The van der Waals surface area contributed by atoms with E-state index in [1.54, 1.807) is 0 Å². The molecule has 4 aliphatic rings. The summed E-state index contributed by atoms with van der Waals surface area (Å²) in [6.45, 7) is 0.985. The van der Waals surface area contributed by atoms with Crippen molar-refractivity contribution in [2.75, 3.05) is 19.8 Å². The molecule has 0 aromatic rings. The van der Waals surface area contributed by atoms with E-state index >= 15 is 0 Å². The minimum atomic E-state index is -1.91. The topological polar surface area (TPSA) is 345 Å². The second-order valence-electron chi connectivity index (χ2n) is 12.6. The Morgan fingerprint density at radius 3 is 1.54 bits per heavy atom. The molecule has 13 N–H and O–H groups in total. The molecule has 22 nitrogen and oxygen atoms in total. The third kappa shape index (κ3) is 8.70. The summed E-state index contributed by atoms with van der Waals surface area (Å²) in [7, 11) is 0. The van der Waals surface area contributed by atoms with E-state index in [1.165, 1.54) is 6.92 Å². The van der Waals surface area contributed by atoms with Crippen molar-refractivity contribution in [1.82, 2.24) is 10.6 Å². The van der Waals surface area contributed by atoms with E-state index in [9.17, 15) is 65.8 Å². The van der Waals surface area contributed by atoms with Crippen molar-refractivity contribution in [2.45, 2.75) is 143 Å². The van der Waals surface area contributed by atoms with Crippen molar-refractivity contribution in [3.05, 3.63) is 0 Å². The van der Waals surface area contributed by atoms with E-state index in [0.717, 1.165) is 13.8 Å². The van der Waals surface area contributed by atoms with Gasteiger partial charge in [0.15, 0.2) is 25.2 Å². The average molecular weight is 733 g/mol. The average Bonchev–Trinajstić information content (AvgIpc) is 3.07. The molecule has 0 aromatic heterocycles. The summed E-state index contributed by atoms with van der Waals surface area (Å²) in [5.41, 5.74) is 0. The zero-order valence-corrected chi connectivity index (χ0v) is 27.3. The van der Waals surface area contributed by atoms with E-state index in [0.29, 0.717) is 0 Å².